The van der Waals surface area contributed by atoms with Crippen LogP contribution < -0.4 is 0 Å². The van der Waals surface area contributed by atoms with Gasteiger partial charge >= 0.3 is 0 Å². The van der Waals surface area contributed by atoms with Gasteiger partial charge in [-0.15, -0.1) is 0 Å². The van der Waals surface area contributed by atoms with E-state index in [1.807, 2.05) is 24.3 Å². The van der Waals surface area contributed by atoms with Crippen LogP contribution in [0.2, 0.25) is 0 Å². The Balaban J connectivity index is 1.33. The van der Waals surface area contributed by atoms with Gasteiger partial charge in [-0.3, -0.25) is 9.80 Å². The summed E-state index contributed by atoms with van der Waals surface area (Å²) in [7, 11) is 0. The fourth-order valence-corrected chi connectivity index (χ4v) is 3.40. The fourth-order valence-electron chi connectivity index (χ4n) is 3.40. The smallest absolute Gasteiger partial charge is 0.243 e. The Bertz CT molecular complexity index is 768. The van der Waals surface area contributed by atoms with Crippen LogP contribution in [0, 0.1) is 11.3 Å². The van der Waals surface area contributed by atoms with Gasteiger partial charge in [-0.25, -0.2) is 0 Å². The van der Waals surface area contributed by atoms with Crippen molar-refractivity contribution in [3.05, 3.63) is 47.1 Å². The molecule has 1 saturated carbocycles. The first-order chi connectivity index (χ1) is 12.2. The van der Waals surface area contributed by atoms with Crippen LogP contribution in [-0.2, 0) is 6.54 Å². The maximum atomic E-state index is 9.23. The largest absolute Gasteiger partial charge is 0.338 e. The zero-order chi connectivity index (χ0) is 17.2. The summed E-state index contributed by atoms with van der Waals surface area (Å²) in [5, 5.41) is 13.4. The maximum absolute atomic E-state index is 9.23. The highest BCUT2D eigenvalue weighted by Gasteiger charge is 2.31. The molecule has 1 saturated heterocycles. The lowest BCUT2D eigenvalue weighted by atomic mass is 10.1. The van der Waals surface area contributed by atoms with Crippen molar-refractivity contribution in [1.29, 1.82) is 5.26 Å². The molecule has 2 aromatic rings. The van der Waals surface area contributed by atoms with Gasteiger partial charge in [0.15, 0.2) is 5.82 Å². The second-order valence-corrected chi connectivity index (χ2v) is 7.02. The predicted molar refractivity (Wildman–Crippen MR) is 92.7 cm³/mol. The van der Waals surface area contributed by atoms with E-state index in [9.17, 15) is 5.26 Å². The zero-order valence-corrected chi connectivity index (χ0v) is 14.6. The highest BCUT2D eigenvalue weighted by molar-refractivity contribution is 5.37. The Labute approximate surface area is 148 Å². The average Bonchev–Trinajstić information content (AvgIpc) is 3.39. The van der Waals surface area contributed by atoms with E-state index in [1.165, 1.54) is 12.8 Å². The molecule has 1 aromatic heterocycles. The van der Waals surface area contributed by atoms with Gasteiger partial charge in [0.25, 0.3) is 0 Å². The van der Waals surface area contributed by atoms with E-state index in [1.54, 1.807) is 0 Å². The third kappa shape index (κ3) is 3.58. The quantitative estimate of drug-likeness (QED) is 0.835. The lowest BCUT2D eigenvalue weighted by Gasteiger charge is -2.36. The lowest BCUT2D eigenvalue weighted by Crippen LogP contribution is -2.46. The van der Waals surface area contributed by atoms with Gasteiger partial charge in [-0.05, 0) is 31.4 Å². The summed E-state index contributed by atoms with van der Waals surface area (Å²) >= 11 is 0. The van der Waals surface area contributed by atoms with E-state index in [4.69, 9.17) is 4.52 Å². The van der Waals surface area contributed by atoms with Crippen LogP contribution in [0.25, 0.3) is 0 Å². The van der Waals surface area contributed by atoms with E-state index >= 15 is 0 Å². The molecule has 0 radical (unpaired) electrons. The number of hydrogen-bond donors (Lipinski definition) is 0. The standard InChI is InChI=1S/C19H23N5O/c1-14(19-21-18(22-25-19)15-6-7-15)24-10-8-23(9-11-24)13-17-5-3-2-4-16(17)12-20/h2-5,14-15H,6-11,13H2,1H3. The van der Waals surface area contributed by atoms with Gasteiger partial charge in [-0.2, -0.15) is 10.2 Å². The third-order valence-corrected chi connectivity index (χ3v) is 5.24. The molecule has 1 aliphatic heterocycles. The number of nitriles is 1. The molecule has 1 atom stereocenters. The van der Waals surface area contributed by atoms with Crippen molar-refractivity contribution in [3.63, 3.8) is 0 Å². The molecule has 0 N–H and O–H groups in total. The van der Waals surface area contributed by atoms with Crippen molar-refractivity contribution in [2.45, 2.75) is 38.3 Å². The van der Waals surface area contributed by atoms with Crippen molar-refractivity contribution in [2.24, 2.45) is 0 Å². The summed E-state index contributed by atoms with van der Waals surface area (Å²) in [5.74, 6) is 2.15. The molecule has 0 spiro atoms. The molecule has 1 aromatic carbocycles. The summed E-state index contributed by atoms with van der Waals surface area (Å²) in [6.07, 6.45) is 2.38. The first kappa shape index (κ1) is 16.2. The fraction of sp³-hybridized carbons (Fsp3) is 0.526. The minimum absolute atomic E-state index is 0.161. The molecule has 1 aliphatic carbocycles. The third-order valence-electron chi connectivity index (χ3n) is 5.24. The average molecular weight is 337 g/mol. The summed E-state index contributed by atoms with van der Waals surface area (Å²) in [4.78, 5) is 9.39. The van der Waals surface area contributed by atoms with Gasteiger partial charge in [-0.1, -0.05) is 23.4 Å². The van der Waals surface area contributed by atoms with E-state index in [0.717, 1.165) is 55.6 Å². The van der Waals surface area contributed by atoms with Crippen molar-refractivity contribution >= 4 is 0 Å². The van der Waals surface area contributed by atoms with E-state index in [0.29, 0.717) is 5.92 Å². The molecule has 6 nitrogen and oxygen atoms in total. The van der Waals surface area contributed by atoms with E-state index in [2.05, 4.69) is 32.9 Å². The molecule has 2 heterocycles. The summed E-state index contributed by atoms with van der Waals surface area (Å²) < 4.78 is 5.48. The minimum atomic E-state index is 0.161. The molecule has 2 fully saturated rings. The van der Waals surface area contributed by atoms with Gasteiger partial charge in [0.05, 0.1) is 17.7 Å². The number of piperazine rings is 1. The second kappa shape index (κ2) is 6.95. The van der Waals surface area contributed by atoms with E-state index < -0.39 is 0 Å². The van der Waals surface area contributed by atoms with Gasteiger partial charge in [0.1, 0.15) is 0 Å². The molecule has 1 unspecified atom stereocenters. The second-order valence-electron chi connectivity index (χ2n) is 7.02. The summed E-state index contributed by atoms with van der Waals surface area (Å²) in [6, 6.07) is 10.3. The molecule has 4 rings (SSSR count). The zero-order valence-electron chi connectivity index (χ0n) is 14.6. The predicted octanol–water partition coefficient (Wildman–Crippen LogP) is 2.70. The molecule has 6 heteroatoms. The maximum Gasteiger partial charge on any atom is 0.243 e. The number of hydrogen-bond acceptors (Lipinski definition) is 6. The molecule has 130 valence electrons. The topological polar surface area (TPSA) is 69.2 Å². The van der Waals surface area contributed by atoms with Crippen molar-refractivity contribution in [1.82, 2.24) is 19.9 Å². The van der Waals surface area contributed by atoms with Gasteiger partial charge in [0.2, 0.25) is 5.89 Å². The Morgan fingerprint density at radius 3 is 2.72 bits per heavy atom. The van der Waals surface area contributed by atoms with Crippen LogP contribution in [0.5, 0.6) is 0 Å². The van der Waals surface area contributed by atoms with Crippen LogP contribution in [0.15, 0.2) is 28.8 Å². The SMILES string of the molecule is CC(c1nc(C2CC2)no1)N1CCN(Cc2ccccc2C#N)CC1. The molecule has 25 heavy (non-hydrogen) atoms. The lowest BCUT2D eigenvalue weighted by molar-refractivity contribution is 0.0845. The molecular weight excluding hydrogens is 314 g/mol. The normalized spacial score (nSPS) is 20.3. The molecular formula is C19H23N5O. The first-order valence-corrected chi connectivity index (χ1v) is 9.02. The van der Waals surface area contributed by atoms with Gasteiger partial charge < -0.3 is 4.52 Å². The van der Waals surface area contributed by atoms with Crippen molar-refractivity contribution in [2.75, 3.05) is 26.2 Å². The summed E-state index contributed by atoms with van der Waals surface area (Å²) in [6.45, 7) is 6.87. The number of aromatic nitrogens is 2. The number of benzene rings is 1. The Kier molecular flexibility index (Phi) is 4.51. The molecule has 0 bridgehead atoms. The monoisotopic (exact) mass is 337 g/mol. The van der Waals surface area contributed by atoms with Crippen LogP contribution in [0.1, 0.15) is 54.6 Å². The Morgan fingerprint density at radius 2 is 2.00 bits per heavy atom. The Hall–Kier alpha value is -2.23. The Morgan fingerprint density at radius 1 is 1.24 bits per heavy atom. The van der Waals surface area contributed by atoms with Crippen LogP contribution in [0.3, 0.4) is 0 Å². The van der Waals surface area contributed by atoms with Crippen LogP contribution >= 0.6 is 0 Å². The van der Waals surface area contributed by atoms with Gasteiger partial charge in [0, 0.05) is 38.6 Å². The van der Waals surface area contributed by atoms with E-state index in [-0.39, 0.29) is 6.04 Å². The van der Waals surface area contributed by atoms with Crippen LogP contribution in [0.4, 0.5) is 0 Å². The number of nitrogens with zero attached hydrogens (tertiary/aromatic N) is 5. The highest BCUT2D eigenvalue weighted by Crippen LogP contribution is 2.38. The summed E-state index contributed by atoms with van der Waals surface area (Å²) in [5.41, 5.74) is 1.88. The molecule has 2 aliphatic rings. The van der Waals surface area contributed by atoms with Crippen molar-refractivity contribution in [3.8, 4) is 6.07 Å². The van der Waals surface area contributed by atoms with Crippen molar-refractivity contribution < 1.29 is 4.52 Å². The number of rotatable bonds is 5. The highest BCUT2D eigenvalue weighted by atomic mass is 16.5. The molecule has 0 amide bonds. The first-order valence-electron chi connectivity index (χ1n) is 9.02. The van der Waals surface area contributed by atoms with Crippen LogP contribution in [-0.4, -0.2) is 46.1 Å². The minimum Gasteiger partial charge on any atom is -0.338 e.